The molecule has 0 aromatic heterocycles. The highest BCUT2D eigenvalue weighted by molar-refractivity contribution is 5.91. The minimum atomic E-state index is -0.819. The van der Waals surface area contributed by atoms with Gasteiger partial charge in [0.1, 0.15) is 17.4 Å². The van der Waals surface area contributed by atoms with Crippen molar-refractivity contribution in [2.24, 2.45) is 0 Å². The highest BCUT2D eigenvalue weighted by Crippen LogP contribution is 2.36. The van der Waals surface area contributed by atoms with Crippen molar-refractivity contribution in [2.45, 2.75) is 45.4 Å². The van der Waals surface area contributed by atoms with Gasteiger partial charge in [0, 0.05) is 6.07 Å². The van der Waals surface area contributed by atoms with Gasteiger partial charge in [-0.15, -0.1) is 0 Å². The van der Waals surface area contributed by atoms with Crippen LogP contribution in [0.3, 0.4) is 0 Å². The summed E-state index contributed by atoms with van der Waals surface area (Å²) in [7, 11) is 0. The second kappa shape index (κ2) is 7.34. The Hall–Kier alpha value is -2.23. The van der Waals surface area contributed by atoms with Crippen molar-refractivity contribution in [2.75, 3.05) is 0 Å². The number of aryl methyl sites for hydroxylation is 1. The molecule has 0 amide bonds. The van der Waals surface area contributed by atoms with Crippen molar-refractivity contribution in [1.82, 2.24) is 0 Å². The summed E-state index contributed by atoms with van der Waals surface area (Å²) in [5.41, 5.74) is 1.24. The molecule has 0 atom stereocenters. The topological polar surface area (TPSA) is 26.3 Å². The molecule has 25 heavy (non-hydrogen) atoms. The largest absolute Gasteiger partial charge is 0.423 e. The Balaban J connectivity index is 1.73. The number of carbonyl (C=O) groups excluding carboxylic acids is 1. The fraction of sp³-hybridized carbons (Fsp3) is 0.333. The van der Waals surface area contributed by atoms with Gasteiger partial charge in [-0.3, -0.25) is 0 Å². The number of esters is 1. The fourth-order valence-electron chi connectivity index (χ4n) is 3.19. The van der Waals surface area contributed by atoms with E-state index < -0.39 is 17.6 Å². The molecule has 0 unspecified atom stereocenters. The van der Waals surface area contributed by atoms with Gasteiger partial charge in [0.2, 0.25) is 0 Å². The van der Waals surface area contributed by atoms with Gasteiger partial charge in [-0.25, -0.2) is 13.6 Å². The zero-order valence-electron chi connectivity index (χ0n) is 14.4. The zero-order chi connectivity index (χ0) is 18.0. The van der Waals surface area contributed by atoms with Crippen LogP contribution >= 0.6 is 0 Å². The number of rotatable bonds is 3. The number of carbonyl (C=O) groups is 1. The van der Waals surface area contributed by atoms with Crippen LogP contribution in [-0.4, -0.2) is 5.97 Å². The summed E-state index contributed by atoms with van der Waals surface area (Å²) in [6, 6.07) is 8.81. The van der Waals surface area contributed by atoms with Crippen LogP contribution in [0, 0.1) is 24.5 Å². The molecule has 2 aromatic carbocycles. The molecule has 0 heterocycles. The molecule has 3 rings (SSSR count). The Morgan fingerprint density at radius 2 is 1.72 bits per heavy atom. The molecule has 0 bridgehead atoms. The van der Waals surface area contributed by atoms with Crippen LogP contribution in [0.4, 0.5) is 8.78 Å². The maximum Gasteiger partial charge on any atom is 0.346 e. The summed E-state index contributed by atoms with van der Waals surface area (Å²) in [5, 5.41) is 0. The SMILES string of the molecule is C[C]1CCC(c2ccc(C(=O)Oc3ccc(C)c(F)c3)c(F)c2)CC1. The third kappa shape index (κ3) is 4.06. The van der Waals surface area contributed by atoms with E-state index in [2.05, 4.69) is 6.92 Å². The van der Waals surface area contributed by atoms with Crippen molar-refractivity contribution < 1.29 is 18.3 Å². The van der Waals surface area contributed by atoms with Gasteiger partial charge >= 0.3 is 5.97 Å². The maximum absolute atomic E-state index is 14.4. The minimum Gasteiger partial charge on any atom is -0.423 e. The molecule has 0 saturated heterocycles. The number of hydrogen-bond acceptors (Lipinski definition) is 2. The number of halogens is 2. The van der Waals surface area contributed by atoms with Crippen LogP contribution in [0.5, 0.6) is 5.75 Å². The fourth-order valence-corrected chi connectivity index (χ4v) is 3.19. The van der Waals surface area contributed by atoms with E-state index in [9.17, 15) is 13.6 Å². The van der Waals surface area contributed by atoms with Crippen LogP contribution in [0.15, 0.2) is 36.4 Å². The zero-order valence-corrected chi connectivity index (χ0v) is 14.4. The Labute approximate surface area is 146 Å². The van der Waals surface area contributed by atoms with Gasteiger partial charge in [-0.2, -0.15) is 0 Å². The number of hydrogen-bond donors (Lipinski definition) is 0. The summed E-state index contributed by atoms with van der Waals surface area (Å²) in [5.74, 6) is -0.00131. The van der Waals surface area contributed by atoms with Crippen LogP contribution in [-0.2, 0) is 0 Å². The van der Waals surface area contributed by atoms with Gasteiger partial charge in [-0.1, -0.05) is 19.1 Å². The van der Waals surface area contributed by atoms with Crippen LogP contribution in [0.25, 0.3) is 0 Å². The molecule has 0 aliphatic heterocycles. The van der Waals surface area contributed by atoms with E-state index in [-0.39, 0.29) is 11.3 Å². The van der Waals surface area contributed by atoms with E-state index in [1.165, 1.54) is 30.2 Å². The smallest absolute Gasteiger partial charge is 0.346 e. The van der Waals surface area contributed by atoms with Crippen molar-refractivity contribution in [3.63, 3.8) is 0 Å². The average molecular weight is 343 g/mol. The molecule has 1 radical (unpaired) electrons. The molecule has 1 fully saturated rings. The molecule has 1 saturated carbocycles. The lowest BCUT2D eigenvalue weighted by Gasteiger charge is -2.26. The van der Waals surface area contributed by atoms with Crippen LogP contribution < -0.4 is 4.74 Å². The van der Waals surface area contributed by atoms with Crippen LogP contribution in [0.1, 0.15) is 60.0 Å². The second-order valence-electron chi connectivity index (χ2n) is 6.77. The van der Waals surface area contributed by atoms with E-state index in [1.54, 1.807) is 13.0 Å². The predicted molar refractivity (Wildman–Crippen MR) is 92.6 cm³/mol. The Morgan fingerprint density at radius 1 is 1.00 bits per heavy atom. The Bertz CT molecular complexity index is 777. The van der Waals surface area contributed by atoms with E-state index in [4.69, 9.17) is 4.74 Å². The molecular formula is C21H21F2O2. The monoisotopic (exact) mass is 343 g/mol. The summed E-state index contributed by atoms with van der Waals surface area (Å²) in [6.45, 7) is 3.77. The Kier molecular flexibility index (Phi) is 5.16. The minimum absolute atomic E-state index is 0.0647. The lowest BCUT2D eigenvalue weighted by Crippen LogP contribution is -2.13. The molecule has 1 aliphatic carbocycles. The summed E-state index contributed by atoms with van der Waals surface area (Å²) in [4.78, 5) is 12.2. The van der Waals surface area contributed by atoms with Gasteiger partial charge in [0.25, 0.3) is 0 Å². The first kappa shape index (κ1) is 17.6. The third-order valence-electron chi connectivity index (χ3n) is 4.88. The Morgan fingerprint density at radius 3 is 2.36 bits per heavy atom. The van der Waals surface area contributed by atoms with E-state index in [0.29, 0.717) is 11.5 Å². The van der Waals surface area contributed by atoms with E-state index in [0.717, 1.165) is 37.3 Å². The molecule has 0 N–H and O–H groups in total. The quantitative estimate of drug-likeness (QED) is 0.524. The van der Waals surface area contributed by atoms with Gasteiger partial charge < -0.3 is 4.74 Å². The molecule has 0 spiro atoms. The first-order valence-electron chi connectivity index (χ1n) is 8.53. The first-order chi connectivity index (χ1) is 11.9. The number of benzene rings is 2. The standard InChI is InChI=1S/C21H21F2O2/c1-13-3-6-15(7-4-13)16-8-10-18(20(23)11-16)21(24)25-17-9-5-14(2)19(22)12-17/h5,8-12,15H,3-4,6-7H2,1-2H3. The molecule has 2 aromatic rings. The van der Waals surface area contributed by atoms with Gasteiger partial charge in [0.15, 0.2) is 0 Å². The lowest BCUT2D eigenvalue weighted by atomic mass is 9.79. The normalized spacial score (nSPS) is 16.0. The second-order valence-corrected chi connectivity index (χ2v) is 6.77. The molecule has 2 nitrogen and oxygen atoms in total. The summed E-state index contributed by atoms with van der Waals surface area (Å²) in [6.07, 6.45) is 4.15. The van der Waals surface area contributed by atoms with Crippen molar-refractivity contribution in [3.8, 4) is 5.75 Å². The molecule has 1 aliphatic rings. The van der Waals surface area contributed by atoms with Crippen molar-refractivity contribution >= 4 is 5.97 Å². The first-order valence-corrected chi connectivity index (χ1v) is 8.53. The summed E-state index contributed by atoms with van der Waals surface area (Å²) >= 11 is 0. The highest BCUT2D eigenvalue weighted by Gasteiger charge is 2.22. The lowest BCUT2D eigenvalue weighted by molar-refractivity contribution is 0.0729. The maximum atomic E-state index is 14.4. The van der Waals surface area contributed by atoms with E-state index >= 15 is 0 Å². The van der Waals surface area contributed by atoms with Crippen molar-refractivity contribution in [1.29, 1.82) is 0 Å². The third-order valence-corrected chi connectivity index (χ3v) is 4.88. The van der Waals surface area contributed by atoms with E-state index in [1.807, 2.05) is 0 Å². The molecular weight excluding hydrogens is 322 g/mol. The average Bonchev–Trinajstić information content (AvgIpc) is 2.58. The summed E-state index contributed by atoms with van der Waals surface area (Å²) < 4.78 is 33.0. The molecule has 131 valence electrons. The van der Waals surface area contributed by atoms with Gasteiger partial charge in [0.05, 0.1) is 5.56 Å². The number of ether oxygens (including phenoxy) is 1. The highest BCUT2D eigenvalue weighted by atomic mass is 19.1. The molecule has 4 heteroatoms. The van der Waals surface area contributed by atoms with Gasteiger partial charge in [-0.05, 0) is 73.8 Å². The van der Waals surface area contributed by atoms with Crippen molar-refractivity contribution in [3.05, 3.63) is 70.6 Å². The van der Waals surface area contributed by atoms with Crippen LogP contribution in [0.2, 0.25) is 0 Å². The predicted octanol–water partition coefficient (Wildman–Crippen LogP) is 5.74.